The van der Waals surface area contributed by atoms with Gasteiger partial charge in [-0.2, -0.15) is 0 Å². The summed E-state index contributed by atoms with van der Waals surface area (Å²) in [6.45, 7) is 0. The lowest BCUT2D eigenvalue weighted by Gasteiger charge is -2.16. The third kappa shape index (κ3) is 3.04. The van der Waals surface area contributed by atoms with E-state index in [4.69, 9.17) is 4.98 Å². The van der Waals surface area contributed by atoms with Crippen LogP contribution in [0.25, 0.3) is 53.7 Å². The molecule has 0 aliphatic carbocycles. The molecule has 2 aromatic heterocycles. The summed E-state index contributed by atoms with van der Waals surface area (Å²) in [5.41, 5.74) is 7.12. The first kappa shape index (κ1) is 18.1. The van der Waals surface area contributed by atoms with Gasteiger partial charge in [-0.05, 0) is 41.0 Å². The number of nitrogens with zero attached hydrogens (tertiary/aromatic N) is 1. The molecular weight excluding hydrogens is 394 g/mol. The number of thiophene rings is 1. The second-order valence-corrected chi connectivity index (χ2v) is 8.67. The molecule has 0 unspecified atom stereocenters. The van der Waals surface area contributed by atoms with Gasteiger partial charge in [0.2, 0.25) is 0 Å². The fourth-order valence-electron chi connectivity index (χ4n) is 4.40. The van der Waals surface area contributed by atoms with Crippen molar-refractivity contribution in [2.24, 2.45) is 0 Å². The Balaban J connectivity index is 1.78. The van der Waals surface area contributed by atoms with Crippen molar-refractivity contribution in [3.63, 3.8) is 0 Å². The van der Waals surface area contributed by atoms with Crippen LogP contribution in [0, 0.1) is 0 Å². The van der Waals surface area contributed by atoms with E-state index in [-0.39, 0.29) is 0 Å². The van der Waals surface area contributed by atoms with Gasteiger partial charge in [-0.25, -0.2) is 0 Å². The van der Waals surface area contributed by atoms with Gasteiger partial charge in [0.15, 0.2) is 0 Å². The molecule has 0 saturated carbocycles. The van der Waals surface area contributed by atoms with Crippen LogP contribution in [0.2, 0.25) is 0 Å². The van der Waals surface area contributed by atoms with E-state index in [2.05, 4.69) is 103 Å². The molecule has 31 heavy (non-hydrogen) atoms. The van der Waals surface area contributed by atoms with E-state index in [9.17, 15) is 0 Å². The topological polar surface area (TPSA) is 12.9 Å². The summed E-state index contributed by atoms with van der Waals surface area (Å²) in [5.74, 6) is 0. The Bertz CT molecular complexity index is 1510. The fraction of sp³-hybridized carbons (Fsp3) is 0. The second-order valence-electron chi connectivity index (χ2n) is 7.59. The lowest BCUT2D eigenvalue weighted by Crippen LogP contribution is -1.91. The molecule has 0 N–H and O–H groups in total. The first-order chi connectivity index (χ1) is 15.4. The molecule has 6 aromatic rings. The van der Waals surface area contributed by atoms with Crippen molar-refractivity contribution in [1.29, 1.82) is 0 Å². The van der Waals surface area contributed by atoms with E-state index in [0.717, 1.165) is 5.69 Å². The molecule has 0 aliphatic rings. The summed E-state index contributed by atoms with van der Waals surface area (Å²) >= 11 is 1.86. The van der Waals surface area contributed by atoms with Crippen LogP contribution in [0.3, 0.4) is 0 Å². The Morgan fingerprint density at radius 2 is 1.26 bits per heavy atom. The average molecular weight is 414 g/mol. The standard InChI is InChI=1S/C29H19NS/c1-2-10-20(11-3-1)21-12-4-5-13-22(21)28-23(25-15-8-9-19-30-25)17-18-27-29(28)24-14-6-7-16-26(24)31-27/h1-19H. The molecule has 0 radical (unpaired) electrons. The number of rotatable bonds is 3. The van der Waals surface area contributed by atoms with Crippen molar-refractivity contribution in [2.45, 2.75) is 0 Å². The molecule has 1 nitrogen and oxygen atoms in total. The monoisotopic (exact) mass is 413 g/mol. The number of benzene rings is 4. The first-order valence-electron chi connectivity index (χ1n) is 10.4. The van der Waals surface area contributed by atoms with Gasteiger partial charge in [-0.1, -0.05) is 84.9 Å². The third-order valence-electron chi connectivity index (χ3n) is 5.77. The van der Waals surface area contributed by atoms with E-state index < -0.39 is 0 Å². The Labute approximate surface area is 185 Å². The van der Waals surface area contributed by atoms with Gasteiger partial charge < -0.3 is 0 Å². The van der Waals surface area contributed by atoms with E-state index in [1.54, 1.807) is 0 Å². The molecule has 0 spiro atoms. The maximum Gasteiger partial charge on any atom is 0.0708 e. The lowest BCUT2D eigenvalue weighted by molar-refractivity contribution is 1.33. The number of hydrogen-bond donors (Lipinski definition) is 0. The average Bonchev–Trinajstić information content (AvgIpc) is 3.23. The Hall–Kier alpha value is -3.75. The van der Waals surface area contributed by atoms with Gasteiger partial charge in [-0.3, -0.25) is 4.98 Å². The Morgan fingerprint density at radius 3 is 2.10 bits per heavy atom. The minimum absolute atomic E-state index is 0.998. The van der Waals surface area contributed by atoms with Crippen molar-refractivity contribution in [1.82, 2.24) is 4.98 Å². The summed E-state index contributed by atoms with van der Waals surface area (Å²) in [4.78, 5) is 4.71. The van der Waals surface area contributed by atoms with E-state index in [1.807, 2.05) is 23.6 Å². The van der Waals surface area contributed by atoms with Crippen molar-refractivity contribution < 1.29 is 0 Å². The van der Waals surface area contributed by atoms with Gasteiger partial charge in [0.25, 0.3) is 0 Å². The minimum Gasteiger partial charge on any atom is -0.256 e. The number of hydrogen-bond acceptors (Lipinski definition) is 2. The van der Waals surface area contributed by atoms with Crippen LogP contribution >= 0.6 is 11.3 Å². The fourth-order valence-corrected chi connectivity index (χ4v) is 5.52. The molecule has 2 heterocycles. The zero-order chi connectivity index (χ0) is 20.6. The van der Waals surface area contributed by atoms with Gasteiger partial charge in [0.1, 0.15) is 0 Å². The van der Waals surface area contributed by atoms with Crippen LogP contribution in [0.1, 0.15) is 0 Å². The molecule has 0 aliphatic heterocycles. The molecule has 2 heteroatoms. The normalized spacial score (nSPS) is 11.2. The molecule has 0 saturated heterocycles. The minimum atomic E-state index is 0.998. The quantitative estimate of drug-likeness (QED) is 0.283. The maximum atomic E-state index is 4.71. The van der Waals surface area contributed by atoms with E-state index in [1.165, 1.54) is 48.0 Å². The summed E-state index contributed by atoms with van der Waals surface area (Å²) in [5, 5.41) is 2.62. The maximum absolute atomic E-state index is 4.71. The highest BCUT2D eigenvalue weighted by atomic mass is 32.1. The first-order valence-corrected chi connectivity index (χ1v) is 11.2. The molecular formula is C29H19NS. The predicted molar refractivity (Wildman–Crippen MR) is 133 cm³/mol. The molecule has 0 amide bonds. The van der Waals surface area contributed by atoms with Gasteiger partial charge in [0.05, 0.1) is 5.69 Å². The zero-order valence-corrected chi connectivity index (χ0v) is 17.6. The second kappa shape index (κ2) is 7.50. The van der Waals surface area contributed by atoms with E-state index in [0.29, 0.717) is 0 Å². The van der Waals surface area contributed by atoms with Crippen LogP contribution in [0.15, 0.2) is 115 Å². The van der Waals surface area contributed by atoms with Crippen molar-refractivity contribution in [3.8, 4) is 33.5 Å². The van der Waals surface area contributed by atoms with Crippen LogP contribution in [0.5, 0.6) is 0 Å². The highest BCUT2D eigenvalue weighted by molar-refractivity contribution is 7.26. The Morgan fingerprint density at radius 1 is 0.516 bits per heavy atom. The predicted octanol–water partition coefficient (Wildman–Crippen LogP) is 8.45. The molecule has 146 valence electrons. The number of fused-ring (bicyclic) bond motifs is 3. The molecule has 4 aromatic carbocycles. The summed E-state index contributed by atoms with van der Waals surface area (Å²) in [6, 6.07) is 38.7. The highest BCUT2D eigenvalue weighted by Gasteiger charge is 2.19. The van der Waals surface area contributed by atoms with Crippen LogP contribution in [0.4, 0.5) is 0 Å². The Kier molecular flexibility index (Phi) is 4.37. The number of aromatic nitrogens is 1. The zero-order valence-electron chi connectivity index (χ0n) is 16.8. The summed E-state index contributed by atoms with van der Waals surface area (Å²) in [6.07, 6.45) is 1.87. The van der Waals surface area contributed by atoms with Gasteiger partial charge in [-0.15, -0.1) is 11.3 Å². The largest absolute Gasteiger partial charge is 0.256 e. The van der Waals surface area contributed by atoms with E-state index >= 15 is 0 Å². The summed E-state index contributed by atoms with van der Waals surface area (Å²) in [7, 11) is 0. The molecule has 6 rings (SSSR count). The summed E-state index contributed by atoms with van der Waals surface area (Å²) < 4.78 is 2.62. The lowest BCUT2D eigenvalue weighted by atomic mass is 9.88. The van der Waals surface area contributed by atoms with Crippen LogP contribution in [-0.4, -0.2) is 4.98 Å². The SMILES string of the molecule is c1ccc(-c2ccccc2-c2c(-c3ccccn3)ccc3sc4ccccc4c23)cc1. The molecule has 0 bridgehead atoms. The third-order valence-corrected chi connectivity index (χ3v) is 6.90. The van der Waals surface area contributed by atoms with Crippen LogP contribution in [-0.2, 0) is 0 Å². The van der Waals surface area contributed by atoms with Crippen molar-refractivity contribution >= 4 is 31.5 Å². The van der Waals surface area contributed by atoms with Crippen molar-refractivity contribution in [2.75, 3.05) is 0 Å². The van der Waals surface area contributed by atoms with Gasteiger partial charge in [0, 0.05) is 37.5 Å². The van der Waals surface area contributed by atoms with Crippen LogP contribution < -0.4 is 0 Å². The molecule has 0 atom stereocenters. The van der Waals surface area contributed by atoms with Crippen molar-refractivity contribution in [3.05, 3.63) is 115 Å². The smallest absolute Gasteiger partial charge is 0.0708 e. The highest BCUT2D eigenvalue weighted by Crippen LogP contribution is 2.46. The van der Waals surface area contributed by atoms with Gasteiger partial charge >= 0.3 is 0 Å². The molecule has 0 fully saturated rings. The number of pyridine rings is 1.